The van der Waals surface area contributed by atoms with Crippen molar-refractivity contribution in [2.24, 2.45) is 0 Å². The summed E-state index contributed by atoms with van der Waals surface area (Å²) >= 11 is 0. The molecule has 5 nitrogen and oxygen atoms in total. The Morgan fingerprint density at radius 2 is 2.00 bits per heavy atom. The van der Waals surface area contributed by atoms with E-state index in [1.165, 1.54) is 11.1 Å². The number of rotatable bonds is 6. The lowest BCUT2D eigenvalue weighted by Crippen LogP contribution is -2.17. The number of nitriles is 1. The van der Waals surface area contributed by atoms with E-state index < -0.39 is 0 Å². The fourth-order valence-electron chi connectivity index (χ4n) is 2.54. The number of aryl methyl sites for hydroxylation is 3. The Kier molecular flexibility index (Phi) is 4.81. The maximum Gasteiger partial charge on any atom is 0.120 e. The van der Waals surface area contributed by atoms with Gasteiger partial charge in [-0.2, -0.15) is 10.4 Å². The van der Waals surface area contributed by atoms with Gasteiger partial charge >= 0.3 is 0 Å². The van der Waals surface area contributed by atoms with Crippen LogP contribution in [-0.2, 0) is 26.2 Å². The van der Waals surface area contributed by atoms with E-state index in [2.05, 4.69) is 56.3 Å². The van der Waals surface area contributed by atoms with Crippen LogP contribution < -0.4 is 0 Å². The summed E-state index contributed by atoms with van der Waals surface area (Å²) in [5.74, 6) is 0. The molecule has 0 saturated carbocycles. The standard InChI is InChI=1S/C16H23N5/c1-5-20-10-14(7-16(20)8-17)9-19(4)11-15-12-21(6-2)18-13(15)3/h7,10,12H,5-6,9,11H2,1-4H3. The second-order valence-corrected chi connectivity index (χ2v) is 5.40. The van der Waals surface area contributed by atoms with E-state index in [-0.39, 0.29) is 0 Å². The predicted molar refractivity (Wildman–Crippen MR) is 82.6 cm³/mol. The van der Waals surface area contributed by atoms with E-state index in [0.29, 0.717) is 0 Å². The lowest BCUT2D eigenvalue weighted by atomic mass is 10.2. The highest BCUT2D eigenvalue weighted by Crippen LogP contribution is 2.13. The molecular weight excluding hydrogens is 262 g/mol. The van der Waals surface area contributed by atoms with Crippen LogP contribution in [0.2, 0.25) is 0 Å². The number of nitrogens with zero attached hydrogens (tertiary/aromatic N) is 5. The largest absolute Gasteiger partial charge is 0.339 e. The van der Waals surface area contributed by atoms with Crippen molar-refractivity contribution in [3.63, 3.8) is 0 Å². The monoisotopic (exact) mass is 285 g/mol. The molecule has 0 amide bonds. The third-order valence-corrected chi connectivity index (χ3v) is 3.67. The second-order valence-electron chi connectivity index (χ2n) is 5.40. The van der Waals surface area contributed by atoms with Crippen molar-refractivity contribution in [2.45, 2.75) is 47.0 Å². The van der Waals surface area contributed by atoms with Crippen LogP contribution >= 0.6 is 0 Å². The highest BCUT2D eigenvalue weighted by Gasteiger charge is 2.10. The van der Waals surface area contributed by atoms with Crippen molar-refractivity contribution in [2.75, 3.05) is 7.05 Å². The molecule has 0 saturated heterocycles. The molecule has 2 aromatic rings. The van der Waals surface area contributed by atoms with Gasteiger partial charge in [0, 0.05) is 44.1 Å². The summed E-state index contributed by atoms with van der Waals surface area (Å²) in [5.41, 5.74) is 4.26. The van der Waals surface area contributed by atoms with Gasteiger partial charge in [-0.05, 0) is 39.4 Å². The highest BCUT2D eigenvalue weighted by atomic mass is 15.3. The molecule has 2 heterocycles. The molecule has 0 aliphatic heterocycles. The molecule has 2 aromatic heterocycles. The van der Waals surface area contributed by atoms with Crippen LogP contribution in [0.4, 0.5) is 0 Å². The van der Waals surface area contributed by atoms with E-state index in [1.807, 2.05) is 15.3 Å². The van der Waals surface area contributed by atoms with Crippen molar-refractivity contribution in [3.05, 3.63) is 41.0 Å². The Bertz CT molecular complexity index is 644. The maximum absolute atomic E-state index is 9.10. The Labute approximate surface area is 126 Å². The molecule has 0 bridgehead atoms. The predicted octanol–water partition coefficient (Wildman–Crippen LogP) is 2.54. The second kappa shape index (κ2) is 6.59. The normalized spacial score (nSPS) is 11.0. The minimum Gasteiger partial charge on any atom is -0.339 e. The molecule has 0 aliphatic rings. The van der Waals surface area contributed by atoms with E-state index in [0.717, 1.165) is 37.6 Å². The zero-order valence-electron chi connectivity index (χ0n) is 13.3. The van der Waals surface area contributed by atoms with Gasteiger partial charge in [0.1, 0.15) is 11.8 Å². The van der Waals surface area contributed by atoms with Gasteiger partial charge in [0.2, 0.25) is 0 Å². The average Bonchev–Trinajstić information content (AvgIpc) is 3.02. The summed E-state index contributed by atoms with van der Waals surface area (Å²) in [7, 11) is 2.10. The van der Waals surface area contributed by atoms with Gasteiger partial charge in [0.15, 0.2) is 0 Å². The molecular formula is C16H23N5. The third kappa shape index (κ3) is 3.53. The molecule has 5 heteroatoms. The lowest BCUT2D eigenvalue weighted by Gasteiger charge is -2.15. The number of hydrogen-bond acceptors (Lipinski definition) is 3. The Morgan fingerprint density at radius 1 is 1.24 bits per heavy atom. The molecule has 0 radical (unpaired) electrons. The first-order valence-corrected chi connectivity index (χ1v) is 7.38. The van der Waals surface area contributed by atoms with Gasteiger partial charge in [-0.25, -0.2) is 0 Å². The summed E-state index contributed by atoms with van der Waals surface area (Å²) in [6, 6.07) is 4.22. The molecule has 0 aliphatic carbocycles. The highest BCUT2D eigenvalue weighted by molar-refractivity contribution is 5.28. The van der Waals surface area contributed by atoms with Crippen molar-refractivity contribution in [3.8, 4) is 6.07 Å². The Balaban J connectivity index is 2.04. The molecule has 0 spiro atoms. The Hall–Kier alpha value is -2.06. The van der Waals surface area contributed by atoms with Crippen LogP contribution in [0, 0.1) is 18.3 Å². The fraction of sp³-hybridized carbons (Fsp3) is 0.500. The molecule has 0 N–H and O–H groups in total. The van der Waals surface area contributed by atoms with Crippen LogP contribution in [-0.4, -0.2) is 26.3 Å². The van der Waals surface area contributed by atoms with Crippen LogP contribution in [0.25, 0.3) is 0 Å². The van der Waals surface area contributed by atoms with E-state index in [1.54, 1.807) is 0 Å². The summed E-state index contributed by atoms with van der Waals surface area (Å²) in [4.78, 5) is 2.25. The van der Waals surface area contributed by atoms with Gasteiger partial charge in [-0.1, -0.05) is 0 Å². The average molecular weight is 285 g/mol. The smallest absolute Gasteiger partial charge is 0.120 e. The van der Waals surface area contributed by atoms with E-state index >= 15 is 0 Å². The fourth-order valence-corrected chi connectivity index (χ4v) is 2.54. The van der Waals surface area contributed by atoms with Gasteiger partial charge in [0.05, 0.1) is 5.69 Å². The van der Waals surface area contributed by atoms with Gasteiger partial charge < -0.3 is 4.57 Å². The summed E-state index contributed by atoms with van der Waals surface area (Å²) < 4.78 is 3.96. The molecule has 0 fully saturated rings. The van der Waals surface area contributed by atoms with Gasteiger partial charge in [-0.3, -0.25) is 9.58 Å². The van der Waals surface area contributed by atoms with E-state index in [4.69, 9.17) is 5.26 Å². The Morgan fingerprint density at radius 3 is 2.52 bits per heavy atom. The molecule has 112 valence electrons. The number of aromatic nitrogens is 3. The molecule has 0 atom stereocenters. The summed E-state index contributed by atoms with van der Waals surface area (Å²) in [6.07, 6.45) is 4.18. The SMILES string of the molecule is CCn1cc(CN(C)Cc2cc(C#N)n(CC)c2)c(C)n1. The first-order valence-electron chi connectivity index (χ1n) is 7.38. The molecule has 0 unspecified atom stereocenters. The first-order chi connectivity index (χ1) is 10.1. The molecule has 21 heavy (non-hydrogen) atoms. The third-order valence-electron chi connectivity index (χ3n) is 3.67. The van der Waals surface area contributed by atoms with Crippen LogP contribution in [0.15, 0.2) is 18.5 Å². The van der Waals surface area contributed by atoms with Crippen molar-refractivity contribution in [1.82, 2.24) is 19.2 Å². The van der Waals surface area contributed by atoms with E-state index in [9.17, 15) is 0 Å². The molecule has 2 rings (SSSR count). The minimum atomic E-state index is 0.732. The number of hydrogen-bond donors (Lipinski definition) is 0. The van der Waals surface area contributed by atoms with Crippen molar-refractivity contribution < 1.29 is 0 Å². The van der Waals surface area contributed by atoms with Crippen LogP contribution in [0.1, 0.15) is 36.4 Å². The zero-order valence-corrected chi connectivity index (χ0v) is 13.3. The maximum atomic E-state index is 9.10. The quantitative estimate of drug-likeness (QED) is 0.819. The summed E-state index contributed by atoms with van der Waals surface area (Å²) in [6.45, 7) is 9.62. The van der Waals surface area contributed by atoms with Crippen LogP contribution in [0.5, 0.6) is 0 Å². The van der Waals surface area contributed by atoms with Gasteiger partial charge in [0.25, 0.3) is 0 Å². The van der Waals surface area contributed by atoms with Crippen LogP contribution in [0.3, 0.4) is 0 Å². The topological polar surface area (TPSA) is 49.8 Å². The molecule has 0 aromatic carbocycles. The first kappa shape index (κ1) is 15.3. The summed E-state index contributed by atoms with van der Waals surface area (Å²) in [5, 5.41) is 13.6. The van der Waals surface area contributed by atoms with Gasteiger partial charge in [-0.15, -0.1) is 0 Å². The minimum absolute atomic E-state index is 0.732. The zero-order chi connectivity index (χ0) is 15.4. The lowest BCUT2D eigenvalue weighted by molar-refractivity contribution is 0.318. The van der Waals surface area contributed by atoms with Crippen molar-refractivity contribution >= 4 is 0 Å². The van der Waals surface area contributed by atoms with Crippen molar-refractivity contribution in [1.29, 1.82) is 5.26 Å².